The lowest BCUT2D eigenvalue weighted by molar-refractivity contribution is -0.0886. The lowest BCUT2D eigenvalue weighted by Crippen LogP contribution is -2.53. The Balaban J connectivity index is 2.11. The fraction of sp³-hybridized carbons (Fsp3) is 0.824. The Morgan fingerprint density at radius 3 is 2.62 bits per heavy atom. The molecule has 0 aliphatic heterocycles. The Kier molecular flexibility index (Phi) is 5.44. The van der Waals surface area contributed by atoms with E-state index in [0.717, 1.165) is 43.9 Å². The van der Waals surface area contributed by atoms with Gasteiger partial charge in [-0.15, -0.1) is 0 Å². The van der Waals surface area contributed by atoms with Crippen molar-refractivity contribution in [2.75, 3.05) is 6.61 Å². The van der Waals surface area contributed by atoms with Crippen LogP contribution in [0.1, 0.15) is 57.8 Å². The predicted molar refractivity (Wildman–Crippen MR) is 86.3 cm³/mol. The Hall–Kier alpha value is -0.870. The van der Waals surface area contributed by atoms with Crippen molar-refractivity contribution in [2.45, 2.75) is 70.9 Å². The van der Waals surface area contributed by atoms with E-state index in [0.29, 0.717) is 0 Å². The van der Waals surface area contributed by atoms with Crippen LogP contribution in [0, 0.1) is 5.92 Å². The van der Waals surface area contributed by atoms with Gasteiger partial charge in [0.05, 0.1) is 11.3 Å². The number of nitrogens with two attached hydrogens (primary N) is 1. The summed E-state index contributed by atoms with van der Waals surface area (Å²) >= 11 is 0. The number of rotatable bonds is 6. The van der Waals surface area contributed by atoms with Crippen LogP contribution in [0.3, 0.4) is 0 Å². The Morgan fingerprint density at radius 1 is 1.43 bits per heavy atom. The first kappa shape index (κ1) is 16.5. The van der Waals surface area contributed by atoms with Crippen LogP contribution >= 0.6 is 0 Å². The van der Waals surface area contributed by atoms with E-state index in [4.69, 9.17) is 10.5 Å². The van der Waals surface area contributed by atoms with Crippen LogP contribution in [0.5, 0.6) is 0 Å². The van der Waals surface area contributed by atoms with E-state index in [1.54, 1.807) is 0 Å². The summed E-state index contributed by atoms with van der Waals surface area (Å²) in [6, 6.07) is 2.23. The van der Waals surface area contributed by atoms with Gasteiger partial charge in [-0.1, -0.05) is 13.8 Å². The van der Waals surface area contributed by atoms with Crippen molar-refractivity contribution in [3.8, 4) is 0 Å². The maximum absolute atomic E-state index is 6.60. The first-order valence-corrected chi connectivity index (χ1v) is 8.42. The molecule has 0 amide bonds. The lowest BCUT2D eigenvalue weighted by Gasteiger charge is -2.43. The summed E-state index contributed by atoms with van der Waals surface area (Å²) in [6.07, 6.45) is 6.43. The van der Waals surface area contributed by atoms with Crippen molar-refractivity contribution in [1.82, 2.24) is 9.78 Å². The van der Waals surface area contributed by atoms with E-state index in [-0.39, 0.29) is 11.6 Å². The summed E-state index contributed by atoms with van der Waals surface area (Å²) in [5.74, 6) is 0.800. The van der Waals surface area contributed by atoms with Crippen LogP contribution in [0.4, 0.5) is 0 Å². The predicted octanol–water partition coefficient (Wildman–Crippen LogP) is 2.84. The average molecular weight is 293 g/mol. The van der Waals surface area contributed by atoms with Gasteiger partial charge in [-0.3, -0.25) is 4.68 Å². The third-order valence-electron chi connectivity index (χ3n) is 5.05. The molecule has 0 radical (unpaired) electrons. The smallest absolute Gasteiger partial charge is 0.0836 e. The summed E-state index contributed by atoms with van der Waals surface area (Å²) in [5.41, 5.74) is 8.82. The van der Waals surface area contributed by atoms with Crippen LogP contribution < -0.4 is 5.73 Å². The van der Waals surface area contributed by atoms with Crippen LogP contribution in [-0.4, -0.2) is 28.0 Å². The van der Waals surface area contributed by atoms with Crippen LogP contribution in [0.2, 0.25) is 0 Å². The van der Waals surface area contributed by atoms with Gasteiger partial charge in [0, 0.05) is 31.8 Å². The average Bonchev–Trinajstić information content (AvgIpc) is 2.82. The Labute approximate surface area is 129 Å². The molecular weight excluding hydrogens is 262 g/mol. The molecule has 1 unspecified atom stereocenters. The molecule has 1 aliphatic rings. The molecular formula is C17H31N3O. The molecule has 4 heteroatoms. The highest BCUT2D eigenvalue weighted by atomic mass is 16.5. The first-order chi connectivity index (χ1) is 10.0. The molecule has 1 aromatic rings. The molecule has 0 aromatic carbocycles. The number of hydrogen-bond donors (Lipinski definition) is 1. The third kappa shape index (κ3) is 3.67. The lowest BCUT2D eigenvalue weighted by atomic mass is 9.74. The molecule has 1 fully saturated rings. The summed E-state index contributed by atoms with van der Waals surface area (Å²) in [6.45, 7) is 7.28. The first-order valence-electron chi connectivity index (χ1n) is 8.42. The fourth-order valence-electron chi connectivity index (χ4n) is 3.51. The normalized spacial score (nSPS) is 27.8. The van der Waals surface area contributed by atoms with Gasteiger partial charge in [0.15, 0.2) is 0 Å². The van der Waals surface area contributed by atoms with Crippen molar-refractivity contribution < 1.29 is 4.74 Å². The van der Waals surface area contributed by atoms with Gasteiger partial charge < -0.3 is 10.5 Å². The van der Waals surface area contributed by atoms with E-state index in [2.05, 4.69) is 31.9 Å². The molecule has 2 N–H and O–H groups in total. The third-order valence-corrected chi connectivity index (χ3v) is 5.05. The molecule has 2 rings (SSSR count). The number of ether oxygens (including phenoxy) is 1. The molecule has 1 aromatic heterocycles. The maximum atomic E-state index is 6.60. The Bertz CT molecular complexity index is 447. The highest BCUT2D eigenvalue weighted by Gasteiger charge is 2.40. The van der Waals surface area contributed by atoms with Gasteiger partial charge in [0.25, 0.3) is 0 Å². The second kappa shape index (κ2) is 6.93. The number of nitrogens with zero attached hydrogens (tertiary/aromatic N) is 2. The van der Waals surface area contributed by atoms with Crippen molar-refractivity contribution in [1.29, 1.82) is 0 Å². The number of hydrogen-bond acceptors (Lipinski definition) is 3. The molecule has 1 aliphatic carbocycles. The van der Waals surface area contributed by atoms with Gasteiger partial charge in [-0.25, -0.2) is 0 Å². The number of aromatic nitrogens is 2. The van der Waals surface area contributed by atoms with E-state index < -0.39 is 0 Å². The van der Waals surface area contributed by atoms with Gasteiger partial charge in [-0.2, -0.15) is 5.10 Å². The monoisotopic (exact) mass is 293 g/mol. The minimum absolute atomic E-state index is 0.0463. The topological polar surface area (TPSA) is 53.1 Å². The molecule has 0 bridgehead atoms. The molecule has 1 saturated carbocycles. The molecule has 1 atom stereocenters. The molecule has 1 heterocycles. The number of aryl methyl sites for hydroxylation is 2. The zero-order valence-corrected chi connectivity index (χ0v) is 14.1. The SMILES string of the molecule is CCOC1(C(N)Cc2cc(CC)nn2C)CCC(C)CC1. The second-order valence-electron chi connectivity index (χ2n) is 6.60. The molecule has 21 heavy (non-hydrogen) atoms. The van der Waals surface area contributed by atoms with Gasteiger partial charge in [-0.05, 0) is 51.0 Å². The summed E-state index contributed by atoms with van der Waals surface area (Å²) in [7, 11) is 2.01. The van der Waals surface area contributed by atoms with Gasteiger partial charge in [0.1, 0.15) is 0 Å². The van der Waals surface area contributed by atoms with Crippen molar-refractivity contribution >= 4 is 0 Å². The zero-order chi connectivity index (χ0) is 15.5. The molecule has 120 valence electrons. The quantitative estimate of drug-likeness (QED) is 0.877. The highest BCUT2D eigenvalue weighted by molar-refractivity contribution is 5.13. The van der Waals surface area contributed by atoms with Crippen molar-refractivity contribution in [3.05, 3.63) is 17.5 Å². The van der Waals surface area contributed by atoms with Crippen molar-refractivity contribution in [3.63, 3.8) is 0 Å². The maximum Gasteiger partial charge on any atom is 0.0836 e. The second-order valence-corrected chi connectivity index (χ2v) is 6.60. The van der Waals surface area contributed by atoms with E-state index in [1.165, 1.54) is 18.5 Å². The van der Waals surface area contributed by atoms with E-state index >= 15 is 0 Å². The van der Waals surface area contributed by atoms with Gasteiger partial charge >= 0.3 is 0 Å². The highest BCUT2D eigenvalue weighted by Crippen LogP contribution is 2.37. The van der Waals surface area contributed by atoms with Crippen LogP contribution in [0.15, 0.2) is 6.07 Å². The molecule has 0 spiro atoms. The fourth-order valence-corrected chi connectivity index (χ4v) is 3.51. The van der Waals surface area contributed by atoms with Crippen LogP contribution in [0.25, 0.3) is 0 Å². The zero-order valence-electron chi connectivity index (χ0n) is 14.1. The summed E-state index contributed by atoms with van der Waals surface area (Å²) < 4.78 is 8.15. The summed E-state index contributed by atoms with van der Waals surface area (Å²) in [4.78, 5) is 0. The molecule has 4 nitrogen and oxygen atoms in total. The minimum atomic E-state index is -0.141. The van der Waals surface area contributed by atoms with E-state index in [9.17, 15) is 0 Å². The van der Waals surface area contributed by atoms with E-state index in [1.807, 2.05) is 11.7 Å². The van der Waals surface area contributed by atoms with Crippen molar-refractivity contribution in [2.24, 2.45) is 18.7 Å². The van der Waals surface area contributed by atoms with Gasteiger partial charge in [0.2, 0.25) is 0 Å². The Morgan fingerprint density at radius 2 is 2.10 bits per heavy atom. The largest absolute Gasteiger partial charge is 0.374 e. The van der Waals surface area contributed by atoms with Crippen LogP contribution in [-0.2, 0) is 24.6 Å². The molecule has 0 saturated heterocycles. The summed E-state index contributed by atoms with van der Waals surface area (Å²) in [5, 5.41) is 4.53. The standard InChI is InChI=1S/C17H31N3O/c1-5-14-11-15(20(4)19-14)12-16(18)17(21-6-2)9-7-13(3)8-10-17/h11,13,16H,5-10,12,18H2,1-4H3. The minimum Gasteiger partial charge on any atom is -0.374 e.